The SMILES string of the molecule is O=C(NC[C@H]1CCCO1)C(=O)N/N=C\c1cc(Cl)ccc1OCc1c(Cl)cccc1Cl. The Morgan fingerprint density at radius 3 is 2.65 bits per heavy atom. The van der Waals surface area contributed by atoms with E-state index in [2.05, 4.69) is 15.8 Å². The van der Waals surface area contributed by atoms with Gasteiger partial charge in [0.1, 0.15) is 12.4 Å². The number of carbonyl (C=O) groups is 2. The molecule has 0 spiro atoms. The lowest BCUT2D eigenvalue weighted by Gasteiger charge is -2.12. The minimum Gasteiger partial charge on any atom is -0.488 e. The summed E-state index contributed by atoms with van der Waals surface area (Å²) in [5, 5.41) is 7.77. The van der Waals surface area contributed by atoms with E-state index in [0.29, 0.717) is 38.6 Å². The maximum Gasteiger partial charge on any atom is 0.329 e. The molecular formula is C21H20Cl3N3O4. The molecule has 1 aliphatic heterocycles. The molecule has 1 fully saturated rings. The molecule has 0 bridgehead atoms. The molecule has 1 heterocycles. The molecule has 0 aliphatic carbocycles. The smallest absolute Gasteiger partial charge is 0.329 e. The van der Waals surface area contributed by atoms with E-state index in [-0.39, 0.29) is 19.3 Å². The van der Waals surface area contributed by atoms with E-state index in [1.54, 1.807) is 36.4 Å². The first-order valence-electron chi connectivity index (χ1n) is 9.52. The molecule has 1 aliphatic rings. The van der Waals surface area contributed by atoms with Crippen molar-refractivity contribution in [2.45, 2.75) is 25.6 Å². The maximum atomic E-state index is 11.9. The number of hydrogen-bond acceptors (Lipinski definition) is 5. The predicted molar refractivity (Wildman–Crippen MR) is 120 cm³/mol. The first kappa shape index (κ1) is 23.3. The summed E-state index contributed by atoms with van der Waals surface area (Å²) < 4.78 is 11.2. The van der Waals surface area contributed by atoms with Gasteiger partial charge in [0.25, 0.3) is 0 Å². The molecule has 0 unspecified atom stereocenters. The third-order valence-corrected chi connectivity index (χ3v) is 5.44. The number of halogens is 3. The van der Waals surface area contributed by atoms with Crippen molar-refractivity contribution in [3.8, 4) is 5.75 Å². The first-order chi connectivity index (χ1) is 14.9. The van der Waals surface area contributed by atoms with Crippen LogP contribution in [0.3, 0.4) is 0 Å². The van der Waals surface area contributed by atoms with Gasteiger partial charge in [0.15, 0.2) is 0 Å². The summed E-state index contributed by atoms with van der Waals surface area (Å²) in [5.74, 6) is -1.23. The summed E-state index contributed by atoms with van der Waals surface area (Å²) in [4.78, 5) is 23.8. The van der Waals surface area contributed by atoms with Crippen molar-refractivity contribution in [2.75, 3.05) is 13.2 Å². The number of amides is 2. The molecular weight excluding hydrogens is 465 g/mol. The average molecular weight is 485 g/mol. The Labute approximate surface area is 194 Å². The van der Waals surface area contributed by atoms with Gasteiger partial charge in [0.05, 0.1) is 12.3 Å². The van der Waals surface area contributed by atoms with Crippen molar-refractivity contribution in [3.05, 3.63) is 62.6 Å². The summed E-state index contributed by atoms with van der Waals surface area (Å²) in [6.45, 7) is 1.08. The molecule has 1 atom stereocenters. The highest BCUT2D eigenvalue weighted by atomic mass is 35.5. The maximum absolute atomic E-state index is 11.9. The van der Waals surface area contributed by atoms with E-state index >= 15 is 0 Å². The Morgan fingerprint density at radius 2 is 1.94 bits per heavy atom. The zero-order valence-electron chi connectivity index (χ0n) is 16.4. The number of hydrazone groups is 1. The minimum absolute atomic E-state index is 0.0574. The molecule has 2 aromatic carbocycles. The molecule has 164 valence electrons. The molecule has 10 heteroatoms. The normalized spacial score (nSPS) is 15.8. The van der Waals surface area contributed by atoms with Crippen LogP contribution >= 0.6 is 34.8 Å². The summed E-state index contributed by atoms with van der Waals surface area (Å²) in [6.07, 6.45) is 3.08. The first-order valence-corrected chi connectivity index (χ1v) is 10.7. The van der Waals surface area contributed by atoms with Crippen molar-refractivity contribution in [1.29, 1.82) is 0 Å². The van der Waals surface area contributed by atoms with Crippen LogP contribution in [0.2, 0.25) is 15.1 Å². The fourth-order valence-corrected chi connectivity index (χ4v) is 3.56. The van der Waals surface area contributed by atoms with Crippen molar-refractivity contribution in [3.63, 3.8) is 0 Å². The molecule has 3 rings (SSSR count). The molecule has 2 amide bonds. The van der Waals surface area contributed by atoms with Crippen LogP contribution in [-0.4, -0.2) is 37.3 Å². The van der Waals surface area contributed by atoms with Crippen LogP contribution in [0.4, 0.5) is 0 Å². The lowest BCUT2D eigenvalue weighted by molar-refractivity contribution is -0.139. The zero-order chi connectivity index (χ0) is 22.2. The summed E-state index contributed by atoms with van der Waals surface area (Å²) in [5.41, 5.74) is 3.32. The Balaban J connectivity index is 1.58. The highest BCUT2D eigenvalue weighted by molar-refractivity contribution is 6.36. The fraction of sp³-hybridized carbons (Fsp3) is 0.286. The number of ether oxygens (including phenoxy) is 2. The van der Waals surface area contributed by atoms with Crippen LogP contribution in [-0.2, 0) is 20.9 Å². The lowest BCUT2D eigenvalue weighted by Crippen LogP contribution is -2.41. The fourth-order valence-electron chi connectivity index (χ4n) is 2.88. The van der Waals surface area contributed by atoms with Gasteiger partial charge in [-0.3, -0.25) is 9.59 Å². The third kappa shape index (κ3) is 6.83. The number of benzene rings is 2. The second kappa shape index (κ2) is 11.3. The predicted octanol–water partition coefficient (Wildman–Crippen LogP) is 3.97. The van der Waals surface area contributed by atoms with Gasteiger partial charge in [-0.2, -0.15) is 5.10 Å². The number of nitrogens with one attached hydrogen (secondary N) is 2. The van der Waals surface area contributed by atoms with E-state index in [1.165, 1.54) is 6.21 Å². The summed E-state index contributed by atoms with van der Waals surface area (Å²) >= 11 is 18.4. The van der Waals surface area contributed by atoms with Gasteiger partial charge < -0.3 is 14.8 Å². The zero-order valence-corrected chi connectivity index (χ0v) is 18.6. The Bertz CT molecular complexity index is 958. The molecule has 7 nitrogen and oxygen atoms in total. The monoisotopic (exact) mass is 483 g/mol. The summed E-state index contributed by atoms with van der Waals surface area (Å²) in [6, 6.07) is 10.1. The van der Waals surface area contributed by atoms with Gasteiger partial charge in [-0.25, -0.2) is 5.43 Å². The Hall–Kier alpha value is -2.32. The highest BCUT2D eigenvalue weighted by Crippen LogP contribution is 2.27. The van der Waals surface area contributed by atoms with Gasteiger partial charge >= 0.3 is 11.8 Å². The number of hydrogen-bond donors (Lipinski definition) is 2. The van der Waals surface area contributed by atoms with Gasteiger partial charge in [0.2, 0.25) is 0 Å². The molecule has 0 saturated carbocycles. The van der Waals surface area contributed by atoms with Gasteiger partial charge in [-0.15, -0.1) is 0 Å². The summed E-state index contributed by atoms with van der Waals surface area (Å²) in [7, 11) is 0. The van der Waals surface area contributed by atoms with Crippen LogP contribution in [0.1, 0.15) is 24.0 Å². The second-order valence-corrected chi connectivity index (χ2v) is 7.97. The van der Waals surface area contributed by atoms with Crippen molar-refractivity contribution >= 4 is 52.8 Å². The van der Waals surface area contributed by atoms with Crippen LogP contribution in [0, 0.1) is 0 Å². The number of carbonyl (C=O) groups excluding carboxylic acids is 2. The quantitative estimate of drug-likeness (QED) is 0.353. The van der Waals surface area contributed by atoms with Crippen molar-refractivity contribution in [2.24, 2.45) is 5.10 Å². The third-order valence-electron chi connectivity index (χ3n) is 4.50. The van der Waals surface area contributed by atoms with Crippen LogP contribution in [0.15, 0.2) is 41.5 Å². The van der Waals surface area contributed by atoms with Crippen LogP contribution in [0.25, 0.3) is 0 Å². The molecule has 1 saturated heterocycles. The van der Waals surface area contributed by atoms with Gasteiger partial charge in [-0.1, -0.05) is 40.9 Å². The highest BCUT2D eigenvalue weighted by Gasteiger charge is 2.19. The molecule has 0 radical (unpaired) electrons. The van der Waals surface area contributed by atoms with Gasteiger partial charge in [0, 0.05) is 39.3 Å². The molecule has 2 N–H and O–H groups in total. The number of rotatable bonds is 7. The van der Waals surface area contributed by atoms with Gasteiger partial charge in [-0.05, 0) is 43.2 Å². The molecule has 31 heavy (non-hydrogen) atoms. The van der Waals surface area contributed by atoms with E-state index in [1.807, 2.05) is 0 Å². The lowest BCUT2D eigenvalue weighted by atomic mass is 10.2. The minimum atomic E-state index is -0.887. The topological polar surface area (TPSA) is 89.0 Å². The number of nitrogens with zero attached hydrogens (tertiary/aromatic N) is 1. The van der Waals surface area contributed by atoms with E-state index < -0.39 is 11.8 Å². The largest absolute Gasteiger partial charge is 0.488 e. The van der Waals surface area contributed by atoms with Crippen LogP contribution in [0.5, 0.6) is 5.75 Å². The molecule has 0 aromatic heterocycles. The van der Waals surface area contributed by atoms with E-state index in [0.717, 1.165) is 12.8 Å². The van der Waals surface area contributed by atoms with Crippen molar-refractivity contribution < 1.29 is 19.1 Å². The van der Waals surface area contributed by atoms with E-state index in [9.17, 15) is 9.59 Å². The Kier molecular flexibility index (Phi) is 8.54. The average Bonchev–Trinajstić information content (AvgIpc) is 3.26. The van der Waals surface area contributed by atoms with E-state index in [4.69, 9.17) is 44.3 Å². The van der Waals surface area contributed by atoms with Crippen LogP contribution < -0.4 is 15.5 Å². The van der Waals surface area contributed by atoms with Crippen molar-refractivity contribution in [1.82, 2.24) is 10.7 Å². The second-order valence-electron chi connectivity index (χ2n) is 6.72. The standard InChI is InChI=1S/C21H20Cl3N3O4/c22-14-6-7-19(31-12-16-17(23)4-1-5-18(16)24)13(9-14)10-26-27-21(29)20(28)25-11-15-3-2-8-30-15/h1,4-7,9-10,15H,2-3,8,11-12H2,(H,25,28)(H,27,29)/b26-10-/t15-/m1/s1. The Morgan fingerprint density at radius 1 is 1.16 bits per heavy atom. The molecule has 2 aromatic rings.